The molecule has 1 aliphatic rings. The Morgan fingerprint density at radius 1 is 1.39 bits per heavy atom. The van der Waals surface area contributed by atoms with E-state index in [2.05, 4.69) is 5.92 Å². The van der Waals surface area contributed by atoms with Crippen molar-refractivity contribution in [2.75, 3.05) is 0 Å². The lowest BCUT2D eigenvalue weighted by Crippen LogP contribution is -2.38. The number of nitrogens with zero attached hydrogens (tertiary/aromatic N) is 1. The SMILES string of the molecule is C#CC(CC)N1C(=O)CC(c2ccccc2)C1=O. The Bertz CT molecular complexity index is 501. The van der Waals surface area contributed by atoms with Gasteiger partial charge in [0.1, 0.15) is 6.04 Å². The van der Waals surface area contributed by atoms with Gasteiger partial charge in [-0.15, -0.1) is 6.42 Å². The summed E-state index contributed by atoms with van der Waals surface area (Å²) in [4.78, 5) is 25.5. The van der Waals surface area contributed by atoms with Gasteiger partial charge in [0, 0.05) is 6.42 Å². The Morgan fingerprint density at radius 2 is 2.06 bits per heavy atom. The molecule has 2 atom stereocenters. The predicted octanol–water partition coefficient (Wildman–Crippen LogP) is 1.94. The molecule has 0 radical (unpaired) electrons. The summed E-state index contributed by atoms with van der Waals surface area (Å²) in [6.45, 7) is 1.88. The van der Waals surface area contributed by atoms with Gasteiger partial charge in [-0.25, -0.2) is 0 Å². The van der Waals surface area contributed by atoms with Crippen LogP contribution in [0.4, 0.5) is 0 Å². The van der Waals surface area contributed by atoms with Crippen molar-refractivity contribution in [1.29, 1.82) is 0 Å². The van der Waals surface area contributed by atoms with E-state index < -0.39 is 6.04 Å². The second-order valence-corrected chi connectivity index (χ2v) is 4.36. The van der Waals surface area contributed by atoms with Crippen LogP contribution in [0.2, 0.25) is 0 Å². The zero-order chi connectivity index (χ0) is 13.1. The van der Waals surface area contributed by atoms with E-state index in [1.54, 1.807) is 0 Å². The minimum Gasteiger partial charge on any atom is -0.274 e. The van der Waals surface area contributed by atoms with Gasteiger partial charge in [0.15, 0.2) is 0 Å². The molecular formula is C15H15NO2. The highest BCUT2D eigenvalue weighted by molar-refractivity contribution is 6.06. The summed E-state index contributed by atoms with van der Waals surface area (Å²) in [6.07, 6.45) is 6.19. The fourth-order valence-electron chi connectivity index (χ4n) is 2.30. The summed E-state index contributed by atoms with van der Waals surface area (Å²) in [6, 6.07) is 8.95. The maximum atomic E-state index is 12.3. The molecule has 0 aromatic heterocycles. The highest BCUT2D eigenvalue weighted by Gasteiger charge is 2.41. The Hall–Kier alpha value is -2.08. The predicted molar refractivity (Wildman–Crippen MR) is 68.6 cm³/mol. The molecule has 2 rings (SSSR count). The summed E-state index contributed by atoms with van der Waals surface area (Å²) in [5.74, 6) is 1.80. The van der Waals surface area contributed by atoms with E-state index in [1.807, 2.05) is 37.3 Å². The van der Waals surface area contributed by atoms with Crippen molar-refractivity contribution >= 4 is 11.8 Å². The lowest BCUT2D eigenvalue weighted by atomic mass is 9.98. The minimum atomic E-state index is -0.418. The molecule has 3 nitrogen and oxygen atoms in total. The van der Waals surface area contributed by atoms with Gasteiger partial charge < -0.3 is 0 Å². The average Bonchev–Trinajstić information content (AvgIpc) is 2.69. The largest absolute Gasteiger partial charge is 0.274 e. The van der Waals surface area contributed by atoms with Crippen LogP contribution in [0, 0.1) is 12.3 Å². The second kappa shape index (κ2) is 5.05. The fraction of sp³-hybridized carbons (Fsp3) is 0.333. The van der Waals surface area contributed by atoms with Crippen LogP contribution in [0.15, 0.2) is 30.3 Å². The summed E-state index contributed by atoms with van der Waals surface area (Å²) in [7, 11) is 0. The van der Waals surface area contributed by atoms with Crippen LogP contribution in [0.25, 0.3) is 0 Å². The van der Waals surface area contributed by atoms with Gasteiger partial charge in [0.25, 0.3) is 0 Å². The Labute approximate surface area is 107 Å². The van der Waals surface area contributed by atoms with Crippen molar-refractivity contribution < 1.29 is 9.59 Å². The van der Waals surface area contributed by atoms with E-state index in [-0.39, 0.29) is 24.2 Å². The van der Waals surface area contributed by atoms with E-state index in [0.717, 1.165) is 5.56 Å². The summed E-state index contributed by atoms with van der Waals surface area (Å²) in [5.41, 5.74) is 0.880. The highest BCUT2D eigenvalue weighted by atomic mass is 16.2. The molecule has 1 aromatic rings. The van der Waals surface area contributed by atoms with Crippen LogP contribution in [-0.2, 0) is 9.59 Å². The van der Waals surface area contributed by atoms with Crippen LogP contribution in [0.3, 0.4) is 0 Å². The van der Waals surface area contributed by atoms with Crippen LogP contribution < -0.4 is 0 Å². The molecule has 0 bridgehead atoms. The number of likely N-dealkylation sites (tertiary alicyclic amines) is 1. The lowest BCUT2D eigenvalue weighted by molar-refractivity contribution is -0.140. The molecule has 18 heavy (non-hydrogen) atoms. The average molecular weight is 241 g/mol. The van der Waals surface area contributed by atoms with Crippen LogP contribution in [0.1, 0.15) is 31.2 Å². The number of carbonyl (C=O) groups excluding carboxylic acids is 2. The quantitative estimate of drug-likeness (QED) is 0.599. The molecule has 0 aliphatic carbocycles. The zero-order valence-electron chi connectivity index (χ0n) is 10.3. The fourth-order valence-corrected chi connectivity index (χ4v) is 2.30. The van der Waals surface area contributed by atoms with Gasteiger partial charge >= 0.3 is 0 Å². The van der Waals surface area contributed by atoms with Gasteiger partial charge in [0.2, 0.25) is 11.8 Å². The highest BCUT2D eigenvalue weighted by Crippen LogP contribution is 2.31. The maximum absolute atomic E-state index is 12.3. The molecule has 0 N–H and O–H groups in total. The standard InChI is InChI=1S/C15H15NO2/c1-3-12(4-2)16-14(17)10-13(15(16)18)11-8-6-5-7-9-11/h1,5-9,12-13H,4,10H2,2H3. The monoisotopic (exact) mass is 241 g/mol. The van der Waals surface area contributed by atoms with Gasteiger partial charge in [0.05, 0.1) is 5.92 Å². The molecule has 1 aliphatic heterocycles. The molecule has 1 fully saturated rings. The van der Waals surface area contributed by atoms with Gasteiger partial charge in [-0.2, -0.15) is 0 Å². The third kappa shape index (κ3) is 2.02. The smallest absolute Gasteiger partial charge is 0.238 e. The molecule has 92 valence electrons. The van der Waals surface area contributed by atoms with Crippen molar-refractivity contribution in [3.63, 3.8) is 0 Å². The zero-order valence-corrected chi connectivity index (χ0v) is 10.3. The van der Waals surface area contributed by atoms with Crippen molar-refractivity contribution in [3.05, 3.63) is 35.9 Å². The van der Waals surface area contributed by atoms with E-state index in [1.165, 1.54) is 4.90 Å². The molecule has 1 heterocycles. The topological polar surface area (TPSA) is 37.4 Å². The van der Waals surface area contributed by atoms with E-state index >= 15 is 0 Å². The molecule has 0 spiro atoms. The summed E-state index contributed by atoms with van der Waals surface area (Å²) >= 11 is 0. The van der Waals surface area contributed by atoms with E-state index in [9.17, 15) is 9.59 Å². The minimum absolute atomic E-state index is 0.168. The third-order valence-electron chi connectivity index (χ3n) is 3.28. The number of hydrogen-bond donors (Lipinski definition) is 0. The molecular weight excluding hydrogens is 226 g/mol. The van der Waals surface area contributed by atoms with Crippen molar-refractivity contribution in [1.82, 2.24) is 4.90 Å². The maximum Gasteiger partial charge on any atom is 0.238 e. The van der Waals surface area contributed by atoms with Gasteiger partial charge in [-0.1, -0.05) is 43.2 Å². The Kier molecular flexibility index (Phi) is 3.47. The number of rotatable bonds is 3. The van der Waals surface area contributed by atoms with Crippen LogP contribution in [-0.4, -0.2) is 22.8 Å². The Morgan fingerprint density at radius 3 is 2.61 bits per heavy atom. The number of amides is 2. The molecule has 0 saturated carbocycles. The summed E-state index contributed by atoms with van der Waals surface area (Å²) in [5, 5.41) is 0. The number of benzene rings is 1. The molecule has 2 amide bonds. The van der Waals surface area contributed by atoms with Gasteiger partial charge in [-0.05, 0) is 12.0 Å². The molecule has 1 saturated heterocycles. The molecule has 1 aromatic carbocycles. The Balaban J connectivity index is 2.28. The number of carbonyl (C=O) groups is 2. The van der Waals surface area contributed by atoms with Gasteiger partial charge in [-0.3, -0.25) is 14.5 Å². The molecule has 3 heteroatoms. The third-order valence-corrected chi connectivity index (χ3v) is 3.28. The first-order valence-corrected chi connectivity index (χ1v) is 6.06. The number of hydrogen-bond acceptors (Lipinski definition) is 2. The normalized spacial score (nSPS) is 20.9. The van der Waals surface area contributed by atoms with Crippen molar-refractivity contribution in [2.24, 2.45) is 0 Å². The second-order valence-electron chi connectivity index (χ2n) is 4.36. The summed E-state index contributed by atoms with van der Waals surface area (Å²) < 4.78 is 0. The first-order chi connectivity index (χ1) is 8.69. The first kappa shape index (κ1) is 12.4. The van der Waals surface area contributed by atoms with Crippen molar-refractivity contribution in [2.45, 2.75) is 31.7 Å². The van der Waals surface area contributed by atoms with E-state index in [4.69, 9.17) is 6.42 Å². The van der Waals surface area contributed by atoms with E-state index in [0.29, 0.717) is 6.42 Å². The number of terminal acetylenes is 1. The molecule has 2 unspecified atom stereocenters. The van der Waals surface area contributed by atoms with Crippen LogP contribution >= 0.6 is 0 Å². The lowest BCUT2D eigenvalue weighted by Gasteiger charge is -2.20. The first-order valence-electron chi connectivity index (χ1n) is 6.06. The van der Waals surface area contributed by atoms with Crippen LogP contribution in [0.5, 0.6) is 0 Å². The van der Waals surface area contributed by atoms with Crippen molar-refractivity contribution in [3.8, 4) is 12.3 Å². The number of imide groups is 1.